The second-order valence-corrected chi connectivity index (χ2v) is 5.12. The van der Waals surface area contributed by atoms with Gasteiger partial charge in [-0.05, 0) is 23.4 Å². The van der Waals surface area contributed by atoms with Gasteiger partial charge in [0.2, 0.25) is 11.0 Å². The van der Waals surface area contributed by atoms with Crippen LogP contribution in [0.15, 0.2) is 9.68 Å². The summed E-state index contributed by atoms with van der Waals surface area (Å²) >= 11 is 1.50. The second-order valence-electron chi connectivity index (χ2n) is 4.18. The largest absolute Gasteiger partial charge is 0.338 e. The highest BCUT2D eigenvalue weighted by Crippen LogP contribution is 2.18. The molecule has 0 unspecified atom stereocenters. The average Bonchev–Trinajstić information content (AvgIpc) is 3.10. The fourth-order valence-corrected chi connectivity index (χ4v) is 2.29. The van der Waals surface area contributed by atoms with Gasteiger partial charge in [-0.25, -0.2) is 4.68 Å². The van der Waals surface area contributed by atoms with E-state index in [2.05, 4.69) is 37.9 Å². The molecule has 110 valence electrons. The molecule has 0 aliphatic rings. The van der Waals surface area contributed by atoms with Gasteiger partial charge in [-0.15, -0.1) is 5.10 Å². The number of tetrazole rings is 1. The van der Waals surface area contributed by atoms with Crippen LogP contribution in [0.4, 0.5) is 0 Å². The first-order valence-electron chi connectivity index (χ1n) is 6.74. The van der Waals surface area contributed by atoms with Gasteiger partial charge < -0.3 is 9.84 Å². The van der Waals surface area contributed by atoms with E-state index in [0.29, 0.717) is 11.6 Å². The van der Waals surface area contributed by atoms with Gasteiger partial charge in [-0.3, -0.25) is 0 Å². The summed E-state index contributed by atoms with van der Waals surface area (Å²) in [5, 5.41) is 19.6. The van der Waals surface area contributed by atoms with E-state index < -0.39 is 0 Å². The second kappa shape index (κ2) is 7.95. The van der Waals surface area contributed by atoms with Crippen molar-refractivity contribution in [1.29, 1.82) is 0 Å². The lowest BCUT2D eigenvalue weighted by atomic mass is 10.5. The minimum absolute atomic E-state index is 0.579. The van der Waals surface area contributed by atoms with Gasteiger partial charge in [0.1, 0.15) is 0 Å². The zero-order valence-electron chi connectivity index (χ0n) is 11.7. The standard InChI is InChI=1S/C11H19N7OS/c1-3-5-12-6-7-18-11(14-16-17-18)20-8-10-13-9(4-2)15-19-10/h12H,3-8H2,1-2H3. The number of nitrogens with one attached hydrogen (secondary N) is 1. The fourth-order valence-electron chi connectivity index (χ4n) is 1.55. The van der Waals surface area contributed by atoms with Crippen LogP contribution in [0.3, 0.4) is 0 Å². The molecule has 0 saturated carbocycles. The van der Waals surface area contributed by atoms with Gasteiger partial charge in [-0.2, -0.15) is 4.98 Å². The van der Waals surface area contributed by atoms with Crippen molar-refractivity contribution >= 4 is 11.8 Å². The molecule has 2 aromatic rings. The molecule has 0 radical (unpaired) electrons. The van der Waals surface area contributed by atoms with Crippen LogP contribution in [0.25, 0.3) is 0 Å². The van der Waals surface area contributed by atoms with Gasteiger partial charge in [0, 0.05) is 13.0 Å². The summed E-state index contributed by atoms with van der Waals surface area (Å²) < 4.78 is 6.92. The Morgan fingerprint density at radius 1 is 1.30 bits per heavy atom. The number of rotatable bonds is 9. The van der Waals surface area contributed by atoms with Crippen LogP contribution in [0.2, 0.25) is 0 Å². The van der Waals surface area contributed by atoms with Crippen LogP contribution >= 0.6 is 11.8 Å². The van der Waals surface area contributed by atoms with Crippen molar-refractivity contribution in [3.05, 3.63) is 11.7 Å². The van der Waals surface area contributed by atoms with Crippen LogP contribution in [-0.4, -0.2) is 43.4 Å². The topological polar surface area (TPSA) is 94.6 Å². The van der Waals surface area contributed by atoms with Gasteiger partial charge >= 0.3 is 0 Å². The molecule has 0 bridgehead atoms. The molecule has 8 nitrogen and oxygen atoms in total. The zero-order chi connectivity index (χ0) is 14.2. The molecule has 0 atom stereocenters. The Morgan fingerprint density at radius 3 is 2.95 bits per heavy atom. The Kier molecular flexibility index (Phi) is 5.93. The molecule has 0 aliphatic carbocycles. The van der Waals surface area contributed by atoms with E-state index in [1.54, 1.807) is 4.68 Å². The van der Waals surface area contributed by atoms with E-state index in [1.807, 2.05) is 6.92 Å². The van der Waals surface area contributed by atoms with Crippen LogP contribution in [0, 0.1) is 0 Å². The Labute approximate surface area is 121 Å². The highest BCUT2D eigenvalue weighted by molar-refractivity contribution is 7.98. The van der Waals surface area contributed by atoms with E-state index in [1.165, 1.54) is 11.8 Å². The molecule has 0 spiro atoms. The molecule has 2 rings (SSSR count). The van der Waals surface area contributed by atoms with Gasteiger partial charge in [0.25, 0.3) is 0 Å². The highest BCUT2D eigenvalue weighted by Gasteiger charge is 2.10. The predicted octanol–water partition coefficient (Wildman–Crippen LogP) is 0.910. The maximum absolute atomic E-state index is 5.13. The fraction of sp³-hybridized carbons (Fsp3) is 0.727. The number of aromatic nitrogens is 6. The van der Waals surface area contributed by atoms with Gasteiger partial charge in [0.15, 0.2) is 5.82 Å². The smallest absolute Gasteiger partial charge is 0.237 e. The Balaban J connectivity index is 1.82. The quantitative estimate of drug-likeness (QED) is 0.539. The molecular weight excluding hydrogens is 278 g/mol. The summed E-state index contributed by atoms with van der Waals surface area (Å²) in [5.74, 6) is 1.91. The number of hydrogen-bond donors (Lipinski definition) is 1. The molecule has 0 aliphatic heterocycles. The molecule has 1 N–H and O–H groups in total. The third-order valence-corrected chi connectivity index (χ3v) is 3.52. The van der Waals surface area contributed by atoms with Crippen LogP contribution in [-0.2, 0) is 18.7 Å². The van der Waals surface area contributed by atoms with Crippen LogP contribution in [0.5, 0.6) is 0 Å². The summed E-state index contributed by atoms with van der Waals surface area (Å²) in [6, 6.07) is 0. The minimum atomic E-state index is 0.579. The Morgan fingerprint density at radius 2 is 2.20 bits per heavy atom. The van der Waals surface area contributed by atoms with Crippen molar-refractivity contribution in [2.75, 3.05) is 13.1 Å². The number of thioether (sulfide) groups is 1. The lowest BCUT2D eigenvalue weighted by Gasteiger charge is -2.04. The average molecular weight is 297 g/mol. The normalized spacial score (nSPS) is 11.1. The van der Waals surface area contributed by atoms with Crippen molar-refractivity contribution in [1.82, 2.24) is 35.7 Å². The lowest BCUT2D eigenvalue weighted by molar-refractivity contribution is 0.385. The van der Waals surface area contributed by atoms with Crippen molar-refractivity contribution in [2.24, 2.45) is 0 Å². The number of nitrogens with zero attached hydrogens (tertiary/aromatic N) is 6. The third-order valence-electron chi connectivity index (χ3n) is 2.58. The van der Waals surface area contributed by atoms with Crippen molar-refractivity contribution in [2.45, 2.75) is 44.1 Å². The molecule has 20 heavy (non-hydrogen) atoms. The van der Waals surface area contributed by atoms with E-state index >= 15 is 0 Å². The molecule has 0 aromatic carbocycles. The summed E-state index contributed by atoms with van der Waals surface area (Å²) in [6.07, 6.45) is 1.89. The number of aryl methyl sites for hydroxylation is 1. The first-order chi connectivity index (χ1) is 9.83. The molecule has 0 saturated heterocycles. The van der Waals surface area contributed by atoms with E-state index in [4.69, 9.17) is 4.52 Å². The zero-order valence-corrected chi connectivity index (χ0v) is 12.6. The lowest BCUT2D eigenvalue weighted by Crippen LogP contribution is -2.21. The Hall–Kier alpha value is -1.48. The first kappa shape index (κ1) is 14.9. The molecular formula is C11H19N7OS. The van der Waals surface area contributed by atoms with Crippen molar-refractivity contribution in [3.63, 3.8) is 0 Å². The monoisotopic (exact) mass is 297 g/mol. The molecule has 2 heterocycles. The molecule has 0 fully saturated rings. The summed E-state index contributed by atoms with van der Waals surface area (Å²) in [7, 11) is 0. The molecule has 9 heteroatoms. The number of hydrogen-bond acceptors (Lipinski definition) is 8. The van der Waals surface area contributed by atoms with Crippen molar-refractivity contribution in [3.8, 4) is 0 Å². The third kappa shape index (κ3) is 4.27. The molecule has 2 aromatic heterocycles. The summed E-state index contributed by atoms with van der Waals surface area (Å²) in [5.41, 5.74) is 0. The van der Waals surface area contributed by atoms with Crippen LogP contribution < -0.4 is 5.32 Å². The molecule has 0 amide bonds. The van der Waals surface area contributed by atoms with Crippen LogP contribution in [0.1, 0.15) is 32.0 Å². The minimum Gasteiger partial charge on any atom is -0.338 e. The highest BCUT2D eigenvalue weighted by atomic mass is 32.2. The summed E-state index contributed by atoms with van der Waals surface area (Å²) in [6.45, 7) is 6.74. The van der Waals surface area contributed by atoms with Gasteiger partial charge in [0.05, 0.1) is 12.3 Å². The summed E-state index contributed by atoms with van der Waals surface area (Å²) in [4.78, 5) is 4.26. The van der Waals surface area contributed by atoms with E-state index in [0.717, 1.165) is 43.5 Å². The SMILES string of the molecule is CCCNCCn1nnnc1SCc1nc(CC)no1. The van der Waals surface area contributed by atoms with E-state index in [9.17, 15) is 0 Å². The van der Waals surface area contributed by atoms with E-state index in [-0.39, 0.29) is 0 Å². The Bertz CT molecular complexity index is 512. The maximum Gasteiger partial charge on any atom is 0.237 e. The van der Waals surface area contributed by atoms with Gasteiger partial charge in [-0.1, -0.05) is 30.8 Å². The first-order valence-corrected chi connectivity index (χ1v) is 7.73. The predicted molar refractivity (Wildman–Crippen MR) is 74.2 cm³/mol. The van der Waals surface area contributed by atoms with Crippen molar-refractivity contribution < 1.29 is 4.52 Å². The maximum atomic E-state index is 5.13.